The van der Waals surface area contributed by atoms with E-state index < -0.39 is 25.2 Å². The van der Waals surface area contributed by atoms with Crippen LogP contribution in [0.4, 0.5) is 4.39 Å². The summed E-state index contributed by atoms with van der Waals surface area (Å²) in [5.74, 6) is -0.299. The Morgan fingerprint density at radius 3 is 1.49 bits per heavy atom. The number of aryl methyl sites for hydroxylation is 2. The zero-order chi connectivity index (χ0) is 38.4. The zero-order valence-electron chi connectivity index (χ0n) is 31.6. The highest BCUT2D eigenvalue weighted by molar-refractivity contribution is 5.88. The molecule has 0 atom stereocenters. The van der Waals surface area contributed by atoms with E-state index in [4.69, 9.17) is 29.2 Å². The number of halogens is 1. The summed E-state index contributed by atoms with van der Waals surface area (Å²) >= 11 is 0. The van der Waals surface area contributed by atoms with Crippen LogP contribution in [0, 0.1) is 5.82 Å². The Balaban J connectivity index is 1.79. The average molecular weight is 733 g/mol. The van der Waals surface area contributed by atoms with Crippen molar-refractivity contribution in [1.82, 2.24) is 0 Å². The van der Waals surface area contributed by atoms with Crippen molar-refractivity contribution in [2.24, 2.45) is 0 Å². The lowest BCUT2D eigenvalue weighted by Gasteiger charge is -2.16. The molecular formula is C44H57FO8. The van der Waals surface area contributed by atoms with E-state index in [0.717, 1.165) is 92.0 Å². The first kappa shape index (κ1) is 42.9. The lowest BCUT2D eigenvalue weighted by molar-refractivity contribution is -0.141. The van der Waals surface area contributed by atoms with Gasteiger partial charge in [0, 0.05) is 5.56 Å². The van der Waals surface area contributed by atoms with Crippen molar-refractivity contribution >= 4 is 11.9 Å². The molecule has 0 unspecified atom stereocenters. The molecule has 0 aliphatic rings. The lowest BCUT2D eigenvalue weighted by atomic mass is 9.95. The summed E-state index contributed by atoms with van der Waals surface area (Å²) in [6, 6.07) is 16.8. The van der Waals surface area contributed by atoms with E-state index in [-0.39, 0.29) is 43.4 Å². The van der Waals surface area contributed by atoms with Gasteiger partial charge in [-0.05, 0) is 83.8 Å². The van der Waals surface area contributed by atoms with Crippen LogP contribution in [0.2, 0.25) is 0 Å². The van der Waals surface area contributed by atoms with Crippen LogP contribution in [-0.4, -0.2) is 61.8 Å². The summed E-state index contributed by atoms with van der Waals surface area (Å²) in [4.78, 5) is 23.7. The number of benzene rings is 3. The van der Waals surface area contributed by atoms with Crippen LogP contribution < -0.4 is 9.47 Å². The highest BCUT2D eigenvalue weighted by Gasteiger charge is 2.15. The zero-order valence-corrected chi connectivity index (χ0v) is 31.6. The van der Waals surface area contributed by atoms with Gasteiger partial charge in [-0.2, -0.15) is 0 Å². The van der Waals surface area contributed by atoms with Crippen molar-refractivity contribution in [3.05, 3.63) is 95.8 Å². The third-order valence-electron chi connectivity index (χ3n) is 8.94. The molecule has 0 spiro atoms. The summed E-state index contributed by atoms with van der Waals surface area (Å²) in [5, 5.41) is 18.2. The second kappa shape index (κ2) is 24.0. The Labute approximate surface area is 314 Å². The van der Waals surface area contributed by atoms with Gasteiger partial charge in [0.25, 0.3) is 0 Å². The van der Waals surface area contributed by atoms with Gasteiger partial charge < -0.3 is 29.2 Å². The molecule has 288 valence electrons. The summed E-state index contributed by atoms with van der Waals surface area (Å²) in [6.45, 7) is 10.7. The number of hydrogen-bond acceptors (Lipinski definition) is 8. The van der Waals surface area contributed by atoms with E-state index in [0.29, 0.717) is 17.1 Å². The molecule has 0 aliphatic heterocycles. The fourth-order valence-corrected chi connectivity index (χ4v) is 5.85. The molecule has 0 aromatic heterocycles. The third kappa shape index (κ3) is 14.5. The van der Waals surface area contributed by atoms with E-state index in [1.807, 2.05) is 48.5 Å². The Bertz CT molecular complexity index is 1630. The fraction of sp³-hybridized carbons (Fsp3) is 0.455. The topological polar surface area (TPSA) is 112 Å². The van der Waals surface area contributed by atoms with E-state index in [1.54, 1.807) is 6.07 Å². The minimum absolute atomic E-state index is 0.00987. The SMILES string of the molecule is C=C(CO)C(=O)OCCOc1ccc(-c2ccc(-c3ccc(OCCOC(=O)C(=C)CO)c(CCCCCCC)c3)c(F)c2)cc1CCCCCCC. The van der Waals surface area contributed by atoms with E-state index in [9.17, 15) is 9.59 Å². The normalized spacial score (nSPS) is 10.9. The number of unbranched alkanes of at least 4 members (excludes halogenated alkanes) is 8. The number of carbonyl (C=O) groups is 2. The fourth-order valence-electron chi connectivity index (χ4n) is 5.85. The number of aliphatic hydroxyl groups excluding tert-OH is 2. The molecule has 0 saturated carbocycles. The largest absolute Gasteiger partial charge is 0.490 e. The van der Waals surface area contributed by atoms with Crippen LogP contribution in [0.25, 0.3) is 22.3 Å². The van der Waals surface area contributed by atoms with Crippen molar-refractivity contribution in [1.29, 1.82) is 0 Å². The monoisotopic (exact) mass is 732 g/mol. The molecule has 8 nitrogen and oxygen atoms in total. The first-order chi connectivity index (χ1) is 25.7. The number of esters is 2. The van der Waals surface area contributed by atoms with Crippen LogP contribution in [0.3, 0.4) is 0 Å². The van der Waals surface area contributed by atoms with Crippen LogP contribution in [0.1, 0.15) is 89.2 Å². The van der Waals surface area contributed by atoms with E-state index >= 15 is 4.39 Å². The van der Waals surface area contributed by atoms with Gasteiger partial charge in [0.1, 0.15) is 43.7 Å². The van der Waals surface area contributed by atoms with Gasteiger partial charge in [-0.3, -0.25) is 0 Å². The number of ether oxygens (including phenoxy) is 4. The quantitative estimate of drug-likeness (QED) is 0.0478. The second-order valence-electron chi connectivity index (χ2n) is 13.2. The van der Waals surface area contributed by atoms with Crippen LogP contribution in [0.15, 0.2) is 78.9 Å². The highest BCUT2D eigenvalue weighted by atomic mass is 19.1. The number of rotatable bonds is 26. The minimum Gasteiger partial charge on any atom is -0.490 e. The number of aliphatic hydroxyl groups is 2. The maximum atomic E-state index is 15.9. The van der Waals surface area contributed by atoms with Gasteiger partial charge in [-0.15, -0.1) is 0 Å². The van der Waals surface area contributed by atoms with Crippen LogP contribution in [-0.2, 0) is 31.9 Å². The molecule has 3 aromatic rings. The maximum absolute atomic E-state index is 15.9. The standard InChI is InChI=1S/C44H57FO8/c1-5-7-9-11-13-15-37-27-34(18-21-41(37)50-23-25-52-43(48)32(3)30-46)35-17-20-39(40(45)29-35)36-19-22-42(38(28-36)16-14-12-10-8-6-2)51-24-26-53-44(49)33(4)31-47/h17-22,27-29,46-47H,3-16,23-26,30-31H2,1-2H3. The molecule has 3 aromatic carbocycles. The van der Waals surface area contributed by atoms with Gasteiger partial charge in [-0.25, -0.2) is 14.0 Å². The maximum Gasteiger partial charge on any atom is 0.335 e. The molecule has 0 heterocycles. The first-order valence-corrected chi connectivity index (χ1v) is 19.0. The molecule has 3 rings (SSSR count). The van der Waals surface area contributed by atoms with Gasteiger partial charge >= 0.3 is 11.9 Å². The first-order valence-electron chi connectivity index (χ1n) is 19.0. The van der Waals surface area contributed by atoms with E-state index in [2.05, 4.69) is 27.0 Å². The van der Waals surface area contributed by atoms with Gasteiger partial charge in [0.05, 0.1) is 24.4 Å². The molecule has 0 saturated heterocycles. The molecule has 0 amide bonds. The molecular weight excluding hydrogens is 675 g/mol. The van der Waals surface area contributed by atoms with Gasteiger partial charge in [0.2, 0.25) is 0 Å². The summed E-state index contributed by atoms with van der Waals surface area (Å²) in [6.07, 6.45) is 12.7. The Hall–Kier alpha value is -4.47. The highest BCUT2D eigenvalue weighted by Crippen LogP contribution is 2.34. The Morgan fingerprint density at radius 2 is 1.02 bits per heavy atom. The van der Waals surface area contributed by atoms with Crippen molar-refractivity contribution in [2.45, 2.75) is 90.9 Å². The molecule has 0 aliphatic carbocycles. The average Bonchev–Trinajstić information content (AvgIpc) is 3.17. The number of hydrogen-bond donors (Lipinski definition) is 2. The molecule has 0 radical (unpaired) electrons. The van der Waals surface area contributed by atoms with Crippen LogP contribution >= 0.6 is 0 Å². The van der Waals surface area contributed by atoms with Crippen molar-refractivity contribution < 1.29 is 43.1 Å². The molecule has 53 heavy (non-hydrogen) atoms. The lowest BCUT2D eigenvalue weighted by Crippen LogP contribution is -2.15. The Kier molecular flexibility index (Phi) is 19.4. The number of carbonyl (C=O) groups excluding carboxylic acids is 2. The second-order valence-corrected chi connectivity index (χ2v) is 13.2. The predicted octanol–water partition coefficient (Wildman–Crippen LogP) is 9.13. The van der Waals surface area contributed by atoms with Gasteiger partial charge in [-0.1, -0.05) is 103 Å². The molecule has 2 N–H and O–H groups in total. The predicted molar refractivity (Wildman–Crippen MR) is 208 cm³/mol. The molecule has 0 bridgehead atoms. The van der Waals surface area contributed by atoms with Crippen molar-refractivity contribution in [3.63, 3.8) is 0 Å². The summed E-state index contributed by atoms with van der Waals surface area (Å²) in [7, 11) is 0. The molecule has 0 fully saturated rings. The Morgan fingerprint density at radius 1 is 0.585 bits per heavy atom. The van der Waals surface area contributed by atoms with E-state index in [1.165, 1.54) is 12.8 Å². The van der Waals surface area contributed by atoms with Crippen molar-refractivity contribution in [2.75, 3.05) is 39.6 Å². The third-order valence-corrected chi connectivity index (χ3v) is 8.94. The van der Waals surface area contributed by atoms with Crippen LogP contribution in [0.5, 0.6) is 11.5 Å². The van der Waals surface area contributed by atoms with Crippen molar-refractivity contribution in [3.8, 4) is 33.8 Å². The smallest absolute Gasteiger partial charge is 0.335 e. The summed E-state index contributed by atoms with van der Waals surface area (Å²) < 4.78 is 38.2. The molecule has 9 heteroatoms. The van der Waals surface area contributed by atoms with Gasteiger partial charge in [0.15, 0.2) is 0 Å². The minimum atomic E-state index is -0.660. The summed E-state index contributed by atoms with van der Waals surface area (Å²) in [5.41, 5.74) is 4.79.